The number of carbonyl (C=O) groups excluding carboxylic acids is 1. The van der Waals surface area contributed by atoms with Gasteiger partial charge in [0.2, 0.25) is 0 Å². The number of rotatable bonds is 4. The number of nitrogens with one attached hydrogen (secondary N) is 1. The minimum Gasteiger partial charge on any atom is -0.497 e. The second-order valence-electron chi connectivity index (χ2n) is 3.59. The van der Waals surface area contributed by atoms with Gasteiger partial charge in [-0.3, -0.25) is 4.79 Å². The maximum Gasteiger partial charge on any atom is 0.463 e. The number of carbonyl (C=O) groups is 1. The van der Waals surface area contributed by atoms with Crippen molar-refractivity contribution in [1.29, 1.82) is 0 Å². The fourth-order valence-electron chi connectivity index (χ4n) is 1.24. The molecule has 0 unspecified atom stereocenters. The molecule has 4 nitrogen and oxygen atoms in total. The van der Waals surface area contributed by atoms with E-state index in [1.165, 1.54) is 31.7 Å². The molecule has 0 aliphatic rings. The highest BCUT2D eigenvalue weighted by atomic mass is 19.4. The van der Waals surface area contributed by atoms with Crippen LogP contribution < -0.4 is 14.8 Å². The molecular formula is C11H10F5NO3. The molecule has 0 aliphatic carbocycles. The zero-order valence-corrected chi connectivity index (χ0v) is 10.3. The molecule has 112 valence electrons. The van der Waals surface area contributed by atoms with Crippen molar-refractivity contribution in [3.63, 3.8) is 0 Å². The first-order chi connectivity index (χ1) is 9.13. The molecule has 1 amide bonds. The lowest BCUT2D eigenvalue weighted by molar-refractivity contribution is -0.267. The van der Waals surface area contributed by atoms with E-state index in [1.54, 1.807) is 0 Å². The van der Waals surface area contributed by atoms with Gasteiger partial charge in [-0.1, -0.05) is 0 Å². The van der Waals surface area contributed by atoms with Crippen LogP contribution in [0.1, 0.15) is 0 Å². The molecule has 0 aliphatic heterocycles. The number of amides is 1. The Balaban J connectivity index is 3.07. The van der Waals surface area contributed by atoms with Crippen molar-refractivity contribution in [2.45, 2.75) is 12.1 Å². The SMILES string of the molecule is COc1ccc(OC)c(NC(=O)C(F)(F)C(F)(F)F)c1. The molecule has 0 heterocycles. The Labute approximate surface area is 110 Å². The quantitative estimate of drug-likeness (QED) is 0.870. The fraction of sp³-hybridized carbons (Fsp3) is 0.364. The summed E-state index contributed by atoms with van der Waals surface area (Å²) in [6.07, 6.45) is -5.98. The van der Waals surface area contributed by atoms with Crippen LogP contribution in [0.25, 0.3) is 0 Å². The summed E-state index contributed by atoms with van der Waals surface area (Å²) in [7, 11) is 2.43. The largest absolute Gasteiger partial charge is 0.497 e. The highest BCUT2D eigenvalue weighted by Crippen LogP contribution is 2.37. The van der Waals surface area contributed by atoms with Crippen LogP contribution in [0.5, 0.6) is 11.5 Å². The number of hydrogen-bond acceptors (Lipinski definition) is 3. The summed E-state index contributed by atoms with van der Waals surface area (Å²) >= 11 is 0. The summed E-state index contributed by atoms with van der Waals surface area (Å²) in [5.74, 6) is -7.95. The van der Waals surface area contributed by atoms with Crippen molar-refractivity contribution in [3.8, 4) is 11.5 Å². The van der Waals surface area contributed by atoms with E-state index in [9.17, 15) is 26.7 Å². The molecule has 1 aromatic carbocycles. The van der Waals surface area contributed by atoms with Crippen LogP contribution in [-0.2, 0) is 4.79 Å². The number of methoxy groups -OCH3 is 2. The molecule has 0 spiro atoms. The molecule has 0 fully saturated rings. The smallest absolute Gasteiger partial charge is 0.463 e. The summed E-state index contributed by atoms with van der Waals surface area (Å²) in [6, 6.07) is 3.69. The van der Waals surface area contributed by atoms with E-state index in [-0.39, 0.29) is 17.2 Å². The van der Waals surface area contributed by atoms with E-state index < -0.39 is 18.0 Å². The first-order valence-electron chi connectivity index (χ1n) is 5.11. The van der Waals surface area contributed by atoms with Crippen LogP contribution in [0.4, 0.5) is 27.6 Å². The standard InChI is InChI=1S/C11H10F5NO3/c1-19-6-3-4-8(20-2)7(5-6)17-9(18)10(12,13)11(14,15)16/h3-5H,1-2H3,(H,17,18). The van der Waals surface area contributed by atoms with Crippen LogP contribution >= 0.6 is 0 Å². The van der Waals surface area contributed by atoms with E-state index >= 15 is 0 Å². The molecule has 0 atom stereocenters. The van der Waals surface area contributed by atoms with Crippen LogP contribution in [0.2, 0.25) is 0 Å². The van der Waals surface area contributed by atoms with Gasteiger partial charge in [0.15, 0.2) is 0 Å². The Morgan fingerprint density at radius 3 is 2.15 bits per heavy atom. The van der Waals surface area contributed by atoms with Crippen molar-refractivity contribution in [2.24, 2.45) is 0 Å². The van der Waals surface area contributed by atoms with Crippen molar-refractivity contribution in [3.05, 3.63) is 18.2 Å². The van der Waals surface area contributed by atoms with E-state index in [4.69, 9.17) is 9.47 Å². The molecule has 0 saturated heterocycles. The van der Waals surface area contributed by atoms with Gasteiger partial charge in [0.25, 0.3) is 0 Å². The molecule has 1 aromatic rings. The number of hydrogen-bond donors (Lipinski definition) is 1. The molecular weight excluding hydrogens is 289 g/mol. The van der Waals surface area contributed by atoms with Gasteiger partial charge in [-0.05, 0) is 12.1 Å². The van der Waals surface area contributed by atoms with E-state index in [1.807, 2.05) is 0 Å². The first-order valence-corrected chi connectivity index (χ1v) is 5.11. The molecule has 1 N–H and O–H groups in total. The lowest BCUT2D eigenvalue weighted by Gasteiger charge is -2.19. The predicted molar refractivity (Wildman–Crippen MR) is 59.2 cm³/mol. The Hall–Kier alpha value is -2.06. The third-order valence-electron chi connectivity index (χ3n) is 2.30. The number of halogens is 5. The molecule has 1 rings (SSSR count). The third-order valence-corrected chi connectivity index (χ3v) is 2.30. The highest BCUT2D eigenvalue weighted by molar-refractivity contribution is 5.98. The first kappa shape index (κ1) is 16.0. The maximum atomic E-state index is 12.8. The van der Waals surface area contributed by atoms with Crippen molar-refractivity contribution in [2.75, 3.05) is 19.5 Å². The molecule has 0 aromatic heterocycles. The van der Waals surface area contributed by atoms with Gasteiger partial charge >= 0.3 is 18.0 Å². The average Bonchev–Trinajstić information content (AvgIpc) is 2.37. The van der Waals surface area contributed by atoms with E-state index in [0.717, 1.165) is 6.07 Å². The highest BCUT2D eigenvalue weighted by Gasteiger charge is 2.63. The second-order valence-corrected chi connectivity index (χ2v) is 3.59. The van der Waals surface area contributed by atoms with Crippen LogP contribution in [-0.4, -0.2) is 32.2 Å². The van der Waals surface area contributed by atoms with Crippen LogP contribution in [0.3, 0.4) is 0 Å². The van der Waals surface area contributed by atoms with Gasteiger partial charge in [0.1, 0.15) is 11.5 Å². The lowest BCUT2D eigenvalue weighted by Crippen LogP contribution is -2.47. The topological polar surface area (TPSA) is 47.6 Å². The summed E-state index contributed by atoms with van der Waals surface area (Å²) in [6.45, 7) is 0. The maximum absolute atomic E-state index is 12.8. The number of ether oxygens (including phenoxy) is 2. The van der Waals surface area contributed by atoms with Gasteiger partial charge in [0, 0.05) is 6.07 Å². The third kappa shape index (κ3) is 3.09. The summed E-state index contributed by atoms with van der Waals surface area (Å²) < 4.78 is 71.3. The number of benzene rings is 1. The fourth-order valence-corrected chi connectivity index (χ4v) is 1.24. The van der Waals surface area contributed by atoms with Gasteiger partial charge in [0.05, 0.1) is 19.9 Å². The van der Waals surface area contributed by atoms with E-state index in [0.29, 0.717) is 0 Å². The minimum atomic E-state index is -5.98. The molecule has 0 bridgehead atoms. The summed E-state index contributed by atoms with van der Waals surface area (Å²) in [5, 5.41) is 1.47. The van der Waals surface area contributed by atoms with Crippen LogP contribution in [0.15, 0.2) is 18.2 Å². The molecule has 20 heavy (non-hydrogen) atoms. The Morgan fingerprint density at radius 2 is 1.70 bits per heavy atom. The zero-order valence-electron chi connectivity index (χ0n) is 10.3. The van der Waals surface area contributed by atoms with Gasteiger partial charge in [-0.15, -0.1) is 0 Å². The molecule has 9 heteroatoms. The zero-order chi connectivity index (χ0) is 15.6. The Morgan fingerprint density at radius 1 is 1.10 bits per heavy atom. The summed E-state index contributed by atoms with van der Waals surface area (Å²) in [4.78, 5) is 11.1. The van der Waals surface area contributed by atoms with E-state index in [2.05, 4.69) is 0 Å². The van der Waals surface area contributed by atoms with Crippen molar-refractivity contribution < 1.29 is 36.2 Å². The Kier molecular flexibility index (Phi) is 4.41. The van der Waals surface area contributed by atoms with Gasteiger partial charge in [-0.2, -0.15) is 22.0 Å². The predicted octanol–water partition coefficient (Wildman–Crippen LogP) is 2.84. The number of anilines is 1. The normalized spacial score (nSPS) is 11.9. The Bertz CT molecular complexity index is 501. The second kappa shape index (κ2) is 5.51. The number of alkyl halides is 5. The van der Waals surface area contributed by atoms with Crippen LogP contribution in [0, 0.1) is 0 Å². The minimum absolute atomic E-state index is 0.0860. The summed E-state index contributed by atoms with van der Waals surface area (Å²) in [5.41, 5.74) is -0.360. The monoisotopic (exact) mass is 299 g/mol. The van der Waals surface area contributed by atoms with Crippen molar-refractivity contribution in [1.82, 2.24) is 0 Å². The van der Waals surface area contributed by atoms with Gasteiger partial charge < -0.3 is 14.8 Å². The lowest BCUT2D eigenvalue weighted by atomic mass is 10.2. The molecule has 0 radical (unpaired) electrons. The van der Waals surface area contributed by atoms with Gasteiger partial charge in [-0.25, -0.2) is 0 Å². The van der Waals surface area contributed by atoms with Crippen molar-refractivity contribution >= 4 is 11.6 Å². The molecule has 0 saturated carbocycles. The average molecular weight is 299 g/mol.